The Balaban J connectivity index is 1.32. The van der Waals surface area contributed by atoms with E-state index in [1.165, 1.54) is 42.4 Å². The predicted octanol–water partition coefficient (Wildman–Crippen LogP) is 4.99. The van der Waals surface area contributed by atoms with E-state index in [1.54, 1.807) is 4.57 Å². The number of nitrogens with one attached hydrogen (secondary N) is 2. The first-order valence-corrected chi connectivity index (χ1v) is 15.0. The Labute approximate surface area is 219 Å². The minimum Gasteiger partial charge on any atom is -0.353 e. The number of amides is 2. The number of nitrogens with zero attached hydrogens (tertiary/aromatic N) is 2. The molecule has 2 N–H and O–H groups in total. The minimum atomic E-state index is -0.0902. The molecule has 0 atom stereocenters. The maximum Gasteiger partial charge on any atom is 0.272 e. The first-order valence-electron chi connectivity index (χ1n) is 13.2. The van der Waals surface area contributed by atoms with Gasteiger partial charge in [0.2, 0.25) is 11.8 Å². The lowest BCUT2D eigenvalue weighted by atomic mass is 9.95. The van der Waals surface area contributed by atoms with Crippen molar-refractivity contribution in [3.05, 3.63) is 34.6 Å². The zero-order valence-electron chi connectivity index (χ0n) is 20.6. The number of aromatic nitrogens is 2. The smallest absolute Gasteiger partial charge is 0.272 e. The van der Waals surface area contributed by atoms with E-state index in [2.05, 4.69) is 10.6 Å². The molecule has 5 rings (SSSR count). The van der Waals surface area contributed by atoms with Gasteiger partial charge in [-0.3, -0.25) is 19.0 Å². The van der Waals surface area contributed by atoms with Crippen LogP contribution in [-0.4, -0.2) is 39.2 Å². The first-order chi connectivity index (χ1) is 17.6. The van der Waals surface area contributed by atoms with E-state index in [0.29, 0.717) is 40.8 Å². The van der Waals surface area contributed by atoms with Crippen LogP contribution in [0.4, 0.5) is 0 Å². The predicted molar refractivity (Wildman–Crippen MR) is 147 cm³/mol. The largest absolute Gasteiger partial charge is 0.353 e. The van der Waals surface area contributed by atoms with Crippen LogP contribution in [-0.2, 0) is 16.1 Å². The van der Waals surface area contributed by atoms with Crippen LogP contribution in [0, 0.1) is 0 Å². The van der Waals surface area contributed by atoms with E-state index < -0.39 is 0 Å². The molecular weight excluding hydrogens is 492 g/mol. The molecule has 2 aromatic heterocycles. The number of carbonyl (C=O) groups is 2. The van der Waals surface area contributed by atoms with Crippen molar-refractivity contribution in [2.45, 2.75) is 94.4 Å². The molecule has 7 nitrogen and oxygen atoms in total. The van der Waals surface area contributed by atoms with Crippen LogP contribution in [0.1, 0.15) is 70.6 Å². The molecule has 0 saturated heterocycles. The maximum absolute atomic E-state index is 13.6. The number of rotatable bonds is 9. The highest BCUT2D eigenvalue weighted by molar-refractivity contribution is 7.99. The molecule has 2 heterocycles. The monoisotopic (exact) mass is 526 g/mol. The topological polar surface area (TPSA) is 93.1 Å². The number of benzene rings is 1. The summed E-state index contributed by atoms with van der Waals surface area (Å²) >= 11 is 2.77. The molecular formula is C27H34N4O3S2. The van der Waals surface area contributed by atoms with Crippen molar-refractivity contribution in [2.75, 3.05) is 5.75 Å². The van der Waals surface area contributed by atoms with Crippen molar-refractivity contribution < 1.29 is 9.59 Å². The summed E-state index contributed by atoms with van der Waals surface area (Å²) in [5.41, 5.74) is 0.610. The molecule has 192 valence electrons. The molecule has 2 saturated carbocycles. The number of hydrogen-bond donors (Lipinski definition) is 2. The lowest BCUT2D eigenvalue weighted by molar-refractivity contribution is -0.122. The van der Waals surface area contributed by atoms with Gasteiger partial charge in [-0.2, -0.15) is 0 Å². The summed E-state index contributed by atoms with van der Waals surface area (Å²) in [5.74, 6) is 0.254. The quantitative estimate of drug-likeness (QED) is 0.303. The molecule has 0 unspecified atom stereocenters. The van der Waals surface area contributed by atoms with Gasteiger partial charge < -0.3 is 10.6 Å². The number of thiophene rings is 1. The summed E-state index contributed by atoms with van der Waals surface area (Å²) in [6.07, 6.45) is 11.0. The van der Waals surface area contributed by atoms with Crippen LogP contribution in [0.15, 0.2) is 34.2 Å². The van der Waals surface area contributed by atoms with E-state index in [9.17, 15) is 14.4 Å². The van der Waals surface area contributed by atoms with Crippen molar-refractivity contribution in [1.29, 1.82) is 0 Å². The van der Waals surface area contributed by atoms with Gasteiger partial charge in [-0.05, 0) is 38.2 Å². The van der Waals surface area contributed by atoms with Gasteiger partial charge in [0.15, 0.2) is 5.16 Å². The van der Waals surface area contributed by atoms with Crippen molar-refractivity contribution in [3.8, 4) is 0 Å². The third kappa shape index (κ3) is 5.94. The number of carbonyl (C=O) groups excluding carboxylic acids is 2. The summed E-state index contributed by atoms with van der Waals surface area (Å²) < 4.78 is 3.32. The summed E-state index contributed by atoms with van der Waals surface area (Å²) in [5, 5.41) is 7.79. The third-order valence-electron chi connectivity index (χ3n) is 7.26. The van der Waals surface area contributed by atoms with Gasteiger partial charge in [0.05, 0.1) is 11.3 Å². The van der Waals surface area contributed by atoms with Gasteiger partial charge in [-0.25, -0.2) is 4.98 Å². The van der Waals surface area contributed by atoms with Crippen LogP contribution < -0.4 is 16.2 Å². The number of fused-ring (bicyclic) bond motifs is 3. The Bertz CT molecular complexity index is 1290. The van der Waals surface area contributed by atoms with Crippen LogP contribution >= 0.6 is 23.1 Å². The summed E-state index contributed by atoms with van der Waals surface area (Å²) in [6.45, 7) is 0.403. The fourth-order valence-corrected chi connectivity index (χ4v) is 7.30. The Morgan fingerprint density at radius 1 is 0.972 bits per heavy atom. The van der Waals surface area contributed by atoms with Crippen molar-refractivity contribution in [2.24, 2.45) is 0 Å². The SMILES string of the molecule is O=C(CCCn1c(SCC(=O)NC2CCCCC2)nc2c(sc3ccccc32)c1=O)NC1CCCC1. The van der Waals surface area contributed by atoms with Gasteiger partial charge >= 0.3 is 0 Å². The average molecular weight is 527 g/mol. The molecule has 9 heteroatoms. The van der Waals surface area contributed by atoms with Crippen LogP contribution in [0.5, 0.6) is 0 Å². The lowest BCUT2D eigenvalue weighted by Gasteiger charge is -2.22. The number of thioether (sulfide) groups is 1. The minimum absolute atomic E-state index is 0.0149. The first kappa shape index (κ1) is 25.3. The summed E-state index contributed by atoms with van der Waals surface area (Å²) in [6, 6.07) is 8.46. The van der Waals surface area contributed by atoms with Crippen LogP contribution in [0.2, 0.25) is 0 Å². The molecule has 3 aromatic rings. The van der Waals surface area contributed by atoms with E-state index >= 15 is 0 Å². The molecule has 0 radical (unpaired) electrons. The fraction of sp³-hybridized carbons (Fsp3) is 0.556. The van der Waals surface area contributed by atoms with E-state index in [4.69, 9.17) is 4.98 Å². The molecule has 2 amide bonds. The van der Waals surface area contributed by atoms with Crippen molar-refractivity contribution in [3.63, 3.8) is 0 Å². The van der Waals surface area contributed by atoms with E-state index in [-0.39, 0.29) is 29.2 Å². The maximum atomic E-state index is 13.6. The highest BCUT2D eigenvalue weighted by Crippen LogP contribution is 2.32. The highest BCUT2D eigenvalue weighted by Gasteiger charge is 2.20. The Morgan fingerprint density at radius 3 is 2.39 bits per heavy atom. The molecule has 1 aromatic carbocycles. The van der Waals surface area contributed by atoms with Gasteiger partial charge in [0.25, 0.3) is 5.56 Å². The fourth-order valence-electron chi connectivity index (χ4n) is 5.37. The highest BCUT2D eigenvalue weighted by atomic mass is 32.2. The second-order valence-electron chi connectivity index (χ2n) is 9.97. The van der Waals surface area contributed by atoms with Gasteiger partial charge in [0.1, 0.15) is 4.70 Å². The molecule has 0 spiro atoms. The number of hydrogen-bond acceptors (Lipinski definition) is 6. The Kier molecular flexibility index (Phi) is 8.26. The molecule has 36 heavy (non-hydrogen) atoms. The second kappa shape index (κ2) is 11.8. The average Bonchev–Trinajstić information content (AvgIpc) is 3.53. The summed E-state index contributed by atoms with van der Waals surface area (Å²) in [7, 11) is 0. The molecule has 0 aliphatic heterocycles. The molecule has 2 aliphatic carbocycles. The Morgan fingerprint density at radius 2 is 1.64 bits per heavy atom. The van der Waals surface area contributed by atoms with Crippen LogP contribution in [0.25, 0.3) is 20.3 Å². The standard InChI is InChI=1S/C27H34N4O3S2/c32-22(28-18-11-4-5-12-18)15-8-16-31-26(34)25-24(20-13-6-7-14-21(20)36-25)30-27(31)35-17-23(33)29-19-9-2-1-3-10-19/h6-7,13-14,18-19H,1-5,8-12,15-17H2,(H,28,32)(H,29,33). The van der Waals surface area contributed by atoms with Crippen molar-refractivity contribution in [1.82, 2.24) is 20.2 Å². The zero-order chi connectivity index (χ0) is 24.9. The van der Waals surface area contributed by atoms with Crippen molar-refractivity contribution >= 4 is 55.2 Å². The lowest BCUT2D eigenvalue weighted by Crippen LogP contribution is -2.37. The van der Waals surface area contributed by atoms with Gasteiger partial charge in [0, 0.05) is 35.1 Å². The van der Waals surface area contributed by atoms with Gasteiger partial charge in [-0.15, -0.1) is 11.3 Å². The van der Waals surface area contributed by atoms with E-state index in [1.807, 2.05) is 24.3 Å². The second-order valence-corrected chi connectivity index (χ2v) is 12.0. The summed E-state index contributed by atoms with van der Waals surface area (Å²) in [4.78, 5) is 43.5. The Hall–Kier alpha value is -2.39. The molecule has 2 aliphatic rings. The molecule has 2 fully saturated rings. The van der Waals surface area contributed by atoms with E-state index in [0.717, 1.165) is 48.6 Å². The third-order valence-corrected chi connectivity index (χ3v) is 9.38. The van der Waals surface area contributed by atoms with Crippen LogP contribution in [0.3, 0.4) is 0 Å². The van der Waals surface area contributed by atoms with Gasteiger partial charge in [-0.1, -0.05) is 62.1 Å². The normalized spacial score (nSPS) is 17.1. The zero-order valence-corrected chi connectivity index (χ0v) is 22.2. The molecule has 0 bridgehead atoms.